The summed E-state index contributed by atoms with van der Waals surface area (Å²) in [4.78, 5) is 11.0. The van der Waals surface area contributed by atoms with Gasteiger partial charge in [0.15, 0.2) is 0 Å². The first kappa shape index (κ1) is 12.4. The second-order valence-electron chi connectivity index (χ2n) is 4.00. The molecule has 4 nitrogen and oxygen atoms in total. The van der Waals surface area contributed by atoms with Crippen LogP contribution in [0, 0.1) is 5.92 Å². The van der Waals surface area contributed by atoms with Crippen molar-refractivity contribution in [2.24, 2.45) is 5.92 Å². The minimum atomic E-state index is -0.959. The summed E-state index contributed by atoms with van der Waals surface area (Å²) >= 11 is 0. The van der Waals surface area contributed by atoms with E-state index in [1.54, 1.807) is 12.1 Å². The Balaban J connectivity index is 2.82. The zero-order valence-electron chi connectivity index (χ0n) is 9.66. The summed E-state index contributed by atoms with van der Waals surface area (Å²) < 4.78 is 0. The SMILES string of the molecule is CCC(C)CNc1ccc(N)cc1C(=O)O. The lowest BCUT2D eigenvalue weighted by molar-refractivity contribution is 0.0698. The second kappa shape index (κ2) is 5.39. The van der Waals surface area contributed by atoms with Gasteiger partial charge in [-0.25, -0.2) is 4.79 Å². The van der Waals surface area contributed by atoms with Gasteiger partial charge in [0.1, 0.15) is 0 Å². The monoisotopic (exact) mass is 222 g/mol. The van der Waals surface area contributed by atoms with Crippen molar-refractivity contribution in [3.63, 3.8) is 0 Å². The first-order valence-corrected chi connectivity index (χ1v) is 5.41. The first-order chi connectivity index (χ1) is 7.54. The lowest BCUT2D eigenvalue weighted by Gasteiger charge is -2.13. The molecule has 88 valence electrons. The average Bonchev–Trinajstić information content (AvgIpc) is 2.26. The molecule has 1 aromatic carbocycles. The zero-order valence-corrected chi connectivity index (χ0v) is 9.66. The Kier molecular flexibility index (Phi) is 4.17. The van der Waals surface area contributed by atoms with Gasteiger partial charge in [0.25, 0.3) is 0 Å². The molecule has 0 amide bonds. The van der Waals surface area contributed by atoms with E-state index in [0.29, 0.717) is 17.3 Å². The van der Waals surface area contributed by atoms with Gasteiger partial charge in [-0.2, -0.15) is 0 Å². The summed E-state index contributed by atoms with van der Waals surface area (Å²) in [6.07, 6.45) is 1.06. The number of carboxylic acids is 1. The molecule has 1 rings (SSSR count). The van der Waals surface area contributed by atoms with Gasteiger partial charge in [0.2, 0.25) is 0 Å². The predicted octanol–water partition coefficient (Wildman–Crippen LogP) is 2.42. The number of benzene rings is 1. The molecule has 0 aliphatic carbocycles. The van der Waals surface area contributed by atoms with Crippen molar-refractivity contribution in [2.45, 2.75) is 20.3 Å². The Bertz CT molecular complexity index is 377. The number of carboxylic acid groups (broad SMARTS) is 1. The number of nitrogens with two attached hydrogens (primary N) is 1. The maximum absolute atomic E-state index is 11.0. The molecule has 0 radical (unpaired) electrons. The van der Waals surface area contributed by atoms with Gasteiger partial charge >= 0.3 is 5.97 Å². The number of nitrogen functional groups attached to an aromatic ring is 1. The quantitative estimate of drug-likeness (QED) is 0.669. The predicted molar refractivity (Wildman–Crippen MR) is 65.8 cm³/mol. The molecular weight excluding hydrogens is 204 g/mol. The van der Waals surface area contributed by atoms with Crippen molar-refractivity contribution in [3.05, 3.63) is 23.8 Å². The molecule has 4 heteroatoms. The number of nitrogens with one attached hydrogen (secondary N) is 1. The molecule has 0 aliphatic heterocycles. The third-order valence-electron chi connectivity index (χ3n) is 2.61. The maximum atomic E-state index is 11.0. The van der Waals surface area contributed by atoms with Crippen molar-refractivity contribution in [1.82, 2.24) is 0 Å². The van der Waals surface area contributed by atoms with E-state index in [-0.39, 0.29) is 5.56 Å². The summed E-state index contributed by atoms with van der Waals surface area (Å²) in [5.74, 6) is -0.446. The number of rotatable bonds is 5. The summed E-state index contributed by atoms with van der Waals surface area (Å²) in [5.41, 5.74) is 6.87. The van der Waals surface area contributed by atoms with Crippen LogP contribution in [0.2, 0.25) is 0 Å². The fraction of sp³-hybridized carbons (Fsp3) is 0.417. The van der Waals surface area contributed by atoms with Gasteiger partial charge in [-0.1, -0.05) is 20.3 Å². The Morgan fingerprint density at radius 1 is 1.56 bits per heavy atom. The molecule has 0 saturated heterocycles. The minimum absolute atomic E-state index is 0.225. The smallest absolute Gasteiger partial charge is 0.337 e. The topological polar surface area (TPSA) is 75.3 Å². The normalized spacial score (nSPS) is 12.1. The van der Waals surface area contributed by atoms with Gasteiger partial charge in [0, 0.05) is 17.9 Å². The van der Waals surface area contributed by atoms with Crippen molar-refractivity contribution >= 4 is 17.3 Å². The van der Waals surface area contributed by atoms with Gasteiger partial charge in [0.05, 0.1) is 5.56 Å². The Hall–Kier alpha value is -1.71. The van der Waals surface area contributed by atoms with Crippen molar-refractivity contribution in [2.75, 3.05) is 17.6 Å². The molecule has 0 heterocycles. The van der Waals surface area contributed by atoms with Crippen LogP contribution in [0.3, 0.4) is 0 Å². The van der Waals surface area contributed by atoms with Crippen molar-refractivity contribution in [1.29, 1.82) is 0 Å². The fourth-order valence-electron chi connectivity index (χ4n) is 1.32. The van der Waals surface area contributed by atoms with Crippen LogP contribution in [0.25, 0.3) is 0 Å². The Morgan fingerprint density at radius 2 is 2.25 bits per heavy atom. The molecule has 4 N–H and O–H groups in total. The molecule has 0 aliphatic rings. The Labute approximate surface area is 95.5 Å². The van der Waals surface area contributed by atoms with Crippen LogP contribution in [-0.4, -0.2) is 17.6 Å². The summed E-state index contributed by atoms with van der Waals surface area (Å²) in [5, 5.41) is 12.2. The van der Waals surface area contributed by atoms with Gasteiger partial charge in [-0.3, -0.25) is 0 Å². The van der Waals surface area contributed by atoms with Crippen molar-refractivity contribution in [3.8, 4) is 0 Å². The van der Waals surface area contributed by atoms with E-state index in [2.05, 4.69) is 19.2 Å². The van der Waals surface area contributed by atoms with E-state index in [9.17, 15) is 4.79 Å². The number of hydrogen-bond acceptors (Lipinski definition) is 3. The summed E-state index contributed by atoms with van der Waals surface area (Å²) in [6.45, 7) is 4.98. The standard InChI is InChI=1S/C12H18N2O2/c1-3-8(2)7-14-11-5-4-9(13)6-10(11)12(15)16/h4-6,8,14H,3,7,13H2,1-2H3,(H,15,16). The van der Waals surface area contributed by atoms with Crippen molar-refractivity contribution < 1.29 is 9.90 Å². The highest BCUT2D eigenvalue weighted by molar-refractivity contribution is 5.95. The third-order valence-corrected chi connectivity index (χ3v) is 2.61. The largest absolute Gasteiger partial charge is 0.478 e. The highest BCUT2D eigenvalue weighted by Crippen LogP contribution is 2.19. The fourth-order valence-corrected chi connectivity index (χ4v) is 1.32. The number of hydrogen-bond donors (Lipinski definition) is 3. The first-order valence-electron chi connectivity index (χ1n) is 5.41. The minimum Gasteiger partial charge on any atom is -0.478 e. The molecule has 0 fully saturated rings. The van der Waals surface area contributed by atoms with E-state index >= 15 is 0 Å². The molecular formula is C12H18N2O2. The van der Waals surface area contributed by atoms with E-state index in [1.165, 1.54) is 6.07 Å². The van der Waals surface area contributed by atoms with Crippen LogP contribution in [0.5, 0.6) is 0 Å². The van der Waals surface area contributed by atoms with Crippen LogP contribution in [0.15, 0.2) is 18.2 Å². The zero-order chi connectivity index (χ0) is 12.1. The maximum Gasteiger partial charge on any atom is 0.337 e. The van der Waals surface area contributed by atoms with Gasteiger partial charge in [-0.15, -0.1) is 0 Å². The molecule has 1 aromatic rings. The van der Waals surface area contributed by atoms with Crippen LogP contribution in [0.4, 0.5) is 11.4 Å². The van der Waals surface area contributed by atoms with Gasteiger partial charge in [-0.05, 0) is 24.1 Å². The Morgan fingerprint density at radius 3 is 2.81 bits per heavy atom. The van der Waals surface area contributed by atoms with E-state index in [1.807, 2.05) is 0 Å². The molecule has 1 atom stereocenters. The van der Waals surface area contributed by atoms with Crippen LogP contribution in [0.1, 0.15) is 30.6 Å². The van der Waals surface area contributed by atoms with E-state index in [4.69, 9.17) is 10.8 Å². The van der Waals surface area contributed by atoms with Gasteiger partial charge < -0.3 is 16.2 Å². The second-order valence-corrected chi connectivity index (χ2v) is 4.00. The molecule has 0 aromatic heterocycles. The molecule has 0 bridgehead atoms. The molecule has 1 unspecified atom stereocenters. The summed E-state index contributed by atoms with van der Waals surface area (Å²) in [7, 11) is 0. The third kappa shape index (κ3) is 3.15. The molecule has 0 saturated carbocycles. The highest BCUT2D eigenvalue weighted by Gasteiger charge is 2.10. The molecule has 16 heavy (non-hydrogen) atoms. The average molecular weight is 222 g/mol. The van der Waals surface area contributed by atoms with Crippen LogP contribution >= 0.6 is 0 Å². The van der Waals surface area contributed by atoms with Crippen LogP contribution in [-0.2, 0) is 0 Å². The van der Waals surface area contributed by atoms with E-state index < -0.39 is 5.97 Å². The van der Waals surface area contributed by atoms with Crippen LogP contribution < -0.4 is 11.1 Å². The van der Waals surface area contributed by atoms with E-state index in [0.717, 1.165) is 13.0 Å². The number of carbonyl (C=O) groups is 1. The number of anilines is 2. The molecule has 0 spiro atoms. The lowest BCUT2D eigenvalue weighted by Crippen LogP contribution is -2.13. The summed E-state index contributed by atoms with van der Waals surface area (Å²) in [6, 6.07) is 4.88. The number of aromatic carboxylic acids is 1. The lowest BCUT2D eigenvalue weighted by atomic mass is 10.1. The highest BCUT2D eigenvalue weighted by atomic mass is 16.4.